The van der Waals surface area contributed by atoms with Gasteiger partial charge in [-0.1, -0.05) is 11.2 Å². The average Bonchev–Trinajstić information content (AvgIpc) is 2.82. The molecule has 1 amide bonds. The Bertz CT molecular complexity index is 857. The van der Waals surface area contributed by atoms with E-state index < -0.39 is 28.3 Å². The summed E-state index contributed by atoms with van der Waals surface area (Å²) in [4.78, 5) is 12.0. The van der Waals surface area contributed by atoms with Gasteiger partial charge in [0.05, 0.1) is 6.54 Å². The SMILES string of the molecule is Cc1ccc(NC(=O)CN(C)S(=O)(=O)c2c(C)noc2C)cc1F. The molecule has 1 heterocycles. The second-order valence-electron chi connectivity index (χ2n) is 5.43. The third-order valence-electron chi connectivity index (χ3n) is 3.46. The Morgan fingerprint density at radius 2 is 2.00 bits per heavy atom. The van der Waals surface area contributed by atoms with E-state index in [2.05, 4.69) is 10.5 Å². The number of nitrogens with one attached hydrogen (secondary N) is 1. The number of benzene rings is 1. The number of likely N-dealkylation sites (N-methyl/N-ethyl adjacent to an activating group) is 1. The number of nitrogens with zero attached hydrogens (tertiary/aromatic N) is 2. The monoisotopic (exact) mass is 355 g/mol. The summed E-state index contributed by atoms with van der Waals surface area (Å²) in [5, 5.41) is 6.07. The third kappa shape index (κ3) is 3.62. The van der Waals surface area contributed by atoms with E-state index in [-0.39, 0.29) is 22.0 Å². The Morgan fingerprint density at radius 1 is 1.33 bits per heavy atom. The molecule has 2 rings (SSSR count). The minimum absolute atomic E-state index is 0.0563. The number of amides is 1. The summed E-state index contributed by atoms with van der Waals surface area (Å²) in [5.41, 5.74) is 0.928. The van der Waals surface area contributed by atoms with Crippen molar-refractivity contribution >= 4 is 21.6 Å². The second kappa shape index (κ2) is 6.70. The zero-order valence-electron chi connectivity index (χ0n) is 13.8. The van der Waals surface area contributed by atoms with Crippen LogP contribution in [0.25, 0.3) is 0 Å². The number of aryl methyl sites for hydroxylation is 3. The maximum absolute atomic E-state index is 13.5. The van der Waals surface area contributed by atoms with Crippen LogP contribution in [0.4, 0.5) is 10.1 Å². The van der Waals surface area contributed by atoms with Gasteiger partial charge in [-0.25, -0.2) is 12.8 Å². The van der Waals surface area contributed by atoms with Crippen molar-refractivity contribution in [3.63, 3.8) is 0 Å². The van der Waals surface area contributed by atoms with Gasteiger partial charge in [-0.3, -0.25) is 4.79 Å². The molecule has 7 nitrogen and oxygen atoms in total. The van der Waals surface area contributed by atoms with Gasteiger partial charge in [0.15, 0.2) is 5.76 Å². The van der Waals surface area contributed by atoms with Gasteiger partial charge >= 0.3 is 0 Å². The summed E-state index contributed by atoms with van der Waals surface area (Å²) in [5.74, 6) is -0.888. The summed E-state index contributed by atoms with van der Waals surface area (Å²) in [6.45, 7) is 4.16. The lowest BCUT2D eigenvalue weighted by Crippen LogP contribution is -2.35. The molecule has 0 saturated carbocycles. The van der Waals surface area contributed by atoms with Gasteiger partial charge < -0.3 is 9.84 Å². The molecular weight excluding hydrogens is 337 g/mol. The Labute approximate surface area is 139 Å². The molecule has 0 spiro atoms. The lowest BCUT2D eigenvalue weighted by molar-refractivity contribution is -0.116. The van der Waals surface area contributed by atoms with Crippen molar-refractivity contribution in [3.05, 3.63) is 41.0 Å². The Morgan fingerprint density at radius 3 is 2.54 bits per heavy atom. The van der Waals surface area contributed by atoms with Crippen LogP contribution in [0.15, 0.2) is 27.6 Å². The average molecular weight is 355 g/mol. The molecule has 0 radical (unpaired) electrons. The highest BCUT2D eigenvalue weighted by Crippen LogP contribution is 2.22. The molecular formula is C15H18FN3O4S. The van der Waals surface area contributed by atoms with Crippen LogP contribution in [0.3, 0.4) is 0 Å². The zero-order chi connectivity index (χ0) is 18.1. The molecule has 1 aromatic carbocycles. The number of hydrogen-bond donors (Lipinski definition) is 1. The fourth-order valence-corrected chi connectivity index (χ4v) is 3.57. The first kappa shape index (κ1) is 18.1. The number of halogens is 1. The molecule has 0 aliphatic rings. The molecule has 0 unspecified atom stereocenters. The molecule has 9 heteroatoms. The van der Waals surface area contributed by atoms with Crippen LogP contribution >= 0.6 is 0 Å². The van der Waals surface area contributed by atoms with Crippen LogP contribution in [0.1, 0.15) is 17.0 Å². The third-order valence-corrected chi connectivity index (χ3v) is 5.51. The van der Waals surface area contributed by atoms with Crippen molar-refractivity contribution in [2.45, 2.75) is 25.7 Å². The number of carbonyl (C=O) groups excluding carboxylic acids is 1. The maximum Gasteiger partial charge on any atom is 0.248 e. The van der Waals surface area contributed by atoms with Crippen molar-refractivity contribution in [2.24, 2.45) is 0 Å². The maximum atomic E-state index is 13.5. The highest BCUT2D eigenvalue weighted by atomic mass is 32.2. The van der Waals surface area contributed by atoms with E-state index in [1.165, 1.54) is 33.0 Å². The molecule has 1 aromatic heterocycles. The van der Waals surface area contributed by atoms with E-state index in [1.807, 2.05) is 0 Å². The lowest BCUT2D eigenvalue weighted by atomic mass is 10.2. The number of aromatic nitrogens is 1. The first-order valence-corrected chi connectivity index (χ1v) is 8.52. The number of sulfonamides is 1. The van der Waals surface area contributed by atoms with Gasteiger partial charge in [0.25, 0.3) is 0 Å². The Hall–Kier alpha value is -2.26. The minimum atomic E-state index is -3.92. The van der Waals surface area contributed by atoms with Crippen LogP contribution in [0.5, 0.6) is 0 Å². The molecule has 0 saturated heterocycles. The van der Waals surface area contributed by atoms with E-state index in [9.17, 15) is 17.6 Å². The number of rotatable bonds is 5. The quantitative estimate of drug-likeness (QED) is 0.885. The van der Waals surface area contributed by atoms with E-state index in [4.69, 9.17) is 4.52 Å². The van der Waals surface area contributed by atoms with E-state index >= 15 is 0 Å². The molecule has 0 aliphatic heterocycles. The number of carbonyl (C=O) groups is 1. The van der Waals surface area contributed by atoms with Crippen molar-refractivity contribution in [1.29, 1.82) is 0 Å². The van der Waals surface area contributed by atoms with E-state index in [1.54, 1.807) is 13.0 Å². The first-order chi connectivity index (χ1) is 11.1. The molecule has 0 fully saturated rings. The number of hydrogen-bond acceptors (Lipinski definition) is 5. The summed E-state index contributed by atoms with van der Waals surface area (Å²) >= 11 is 0. The molecule has 130 valence electrons. The Kier molecular flexibility index (Phi) is 5.05. The summed E-state index contributed by atoms with van der Waals surface area (Å²) in [6, 6.07) is 4.24. The Balaban J connectivity index is 2.12. The molecule has 0 aliphatic carbocycles. The van der Waals surface area contributed by atoms with Gasteiger partial charge in [0.2, 0.25) is 15.9 Å². The van der Waals surface area contributed by atoms with Crippen LogP contribution in [0, 0.1) is 26.6 Å². The predicted octanol–water partition coefficient (Wildman–Crippen LogP) is 2.00. The van der Waals surface area contributed by atoms with Crippen molar-refractivity contribution in [3.8, 4) is 0 Å². The van der Waals surface area contributed by atoms with E-state index in [0.717, 1.165) is 4.31 Å². The number of anilines is 1. The molecule has 0 bridgehead atoms. The van der Waals surface area contributed by atoms with Gasteiger partial charge in [0.1, 0.15) is 16.4 Å². The fraction of sp³-hybridized carbons (Fsp3) is 0.333. The topological polar surface area (TPSA) is 92.5 Å². The predicted molar refractivity (Wildman–Crippen MR) is 85.6 cm³/mol. The summed E-state index contributed by atoms with van der Waals surface area (Å²) in [6.07, 6.45) is 0. The second-order valence-corrected chi connectivity index (χ2v) is 7.41. The van der Waals surface area contributed by atoms with Gasteiger partial charge in [-0.05, 0) is 38.5 Å². The van der Waals surface area contributed by atoms with Crippen molar-refractivity contribution in [2.75, 3.05) is 18.9 Å². The molecule has 1 N–H and O–H groups in total. The van der Waals surface area contributed by atoms with Gasteiger partial charge in [-0.2, -0.15) is 4.31 Å². The highest BCUT2D eigenvalue weighted by Gasteiger charge is 2.29. The minimum Gasteiger partial charge on any atom is -0.360 e. The largest absolute Gasteiger partial charge is 0.360 e. The van der Waals surface area contributed by atoms with Crippen LogP contribution in [-0.2, 0) is 14.8 Å². The zero-order valence-corrected chi connectivity index (χ0v) is 14.6. The van der Waals surface area contributed by atoms with Crippen molar-refractivity contribution in [1.82, 2.24) is 9.46 Å². The molecule has 24 heavy (non-hydrogen) atoms. The lowest BCUT2D eigenvalue weighted by Gasteiger charge is -2.16. The molecule has 2 aromatic rings. The van der Waals surface area contributed by atoms with E-state index in [0.29, 0.717) is 5.56 Å². The van der Waals surface area contributed by atoms with Crippen LogP contribution in [-0.4, -0.2) is 37.4 Å². The first-order valence-electron chi connectivity index (χ1n) is 7.08. The normalized spacial score (nSPS) is 11.8. The smallest absolute Gasteiger partial charge is 0.248 e. The summed E-state index contributed by atoms with van der Waals surface area (Å²) < 4.78 is 44.2. The fourth-order valence-electron chi connectivity index (χ4n) is 2.16. The van der Waals surface area contributed by atoms with Gasteiger partial charge in [0, 0.05) is 12.7 Å². The molecule has 0 atom stereocenters. The van der Waals surface area contributed by atoms with Crippen LogP contribution < -0.4 is 5.32 Å². The summed E-state index contributed by atoms with van der Waals surface area (Å²) in [7, 11) is -2.64. The van der Waals surface area contributed by atoms with Crippen LogP contribution in [0.2, 0.25) is 0 Å². The van der Waals surface area contributed by atoms with Gasteiger partial charge in [-0.15, -0.1) is 0 Å². The standard InChI is InChI=1S/C15H18FN3O4S/c1-9-5-6-12(7-13(9)16)17-14(20)8-19(4)24(21,22)15-10(2)18-23-11(15)3/h5-7H,8H2,1-4H3,(H,17,20). The van der Waals surface area contributed by atoms with Crippen molar-refractivity contribution < 1.29 is 22.1 Å². The highest BCUT2D eigenvalue weighted by molar-refractivity contribution is 7.89.